The van der Waals surface area contributed by atoms with Gasteiger partial charge in [-0.05, 0) is 13.3 Å². The normalized spacial score (nSPS) is 12.8. The molecule has 4 heteroatoms. The third kappa shape index (κ3) is 3.06. The van der Waals surface area contributed by atoms with Crippen LogP contribution in [0.2, 0.25) is 0 Å². The van der Waals surface area contributed by atoms with Crippen molar-refractivity contribution in [2.24, 2.45) is 0 Å². The summed E-state index contributed by atoms with van der Waals surface area (Å²) in [6, 6.07) is 0. The molecule has 1 aromatic heterocycles. The van der Waals surface area contributed by atoms with Gasteiger partial charge in [-0.3, -0.25) is 4.68 Å². The van der Waals surface area contributed by atoms with E-state index in [1.54, 1.807) is 10.9 Å². The quantitative estimate of drug-likeness (QED) is 0.744. The molecule has 0 aliphatic carbocycles. The lowest BCUT2D eigenvalue weighted by Gasteiger charge is -2.07. The molecule has 0 radical (unpaired) electrons. The lowest BCUT2D eigenvalue weighted by Crippen LogP contribution is -2.15. The summed E-state index contributed by atoms with van der Waals surface area (Å²) < 4.78 is 7.09. The monoisotopic (exact) mass is 184 g/mol. The number of aliphatic hydroxyl groups excluding tert-OH is 1. The Hall–Kier alpha value is -1.03. The summed E-state index contributed by atoms with van der Waals surface area (Å²) in [6.07, 6.45) is 3.81. The maximum absolute atomic E-state index is 9.23. The Morgan fingerprint density at radius 2 is 2.38 bits per heavy atom. The number of ether oxygens (including phenoxy) is 1. The molecule has 0 amide bonds. The molecule has 74 valence electrons. The van der Waals surface area contributed by atoms with Crippen LogP contribution >= 0.6 is 0 Å². The first-order valence-electron chi connectivity index (χ1n) is 4.59. The van der Waals surface area contributed by atoms with Crippen LogP contribution < -0.4 is 4.74 Å². The zero-order valence-corrected chi connectivity index (χ0v) is 8.10. The van der Waals surface area contributed by atoms with Crippen molar-refractivity contribution in [2.45, 2.75) is 32.9 Å². The standard InChI is InChI=1S/C9H16N2O2/c1-3-8(12)7-13-9-5-10-11(4-2)6-9/h5-6,8,12H,3-4,7H2,1-2H3. The molecular formula is C9H16N2O2. The summed E-state index contributed by atoms with van der Waals surface area (Å²) in [6.45, 7) is 5.10. The van der Waals surface area contributed by atoms with Crippen LogP contribution in [-0.4, -0.2) is 27.6 Å². The SMILES string of the molecule is CCC(O)COc1cnn(CC)c1. The molecule has 1 unspecified atom stereocenters. The Bertz CT molecular complexity index is 248. The first kappa shape index (κ1) is 10.1. The molecule has 1 rings (SSSR count). The fourth-order valence-electron chi connectivity index (χ4n) is 0.902. The molecule has 0 fully saturated rings. The largest absolute Gasteiger partial charge is 0.488 e. The van der Waals surface area contributed by atoms with Crippen molar-refractivity contribution in [3.05, 3.63) is 12.4 Å². The number of rotatable bonds is 5. The van der Waals surface area contributed by atoms with E-state index in [9.17, 15) is 5.11 Å². The van der Waals surface area contributed by atoms with Crippen molar-refractivity contribution in [2.75, 3.05) is 6.61 Å². The van der Waals surface area contributed by atoms with Gasteiger partial charge in [0.1, 0.15) is 6.61 Å². The second-order valence-electron chi connectivity index (χ2n) is 2.90. The molecule has 0 aliphatic rings. The van der Waals surface area contributed by atoms with Crippen molar-refractivity contribution >= 4 is 0 Å². The van der Waals surface area contributed by atoms with Crippen molar-refractivity contribution in [3.63, 3.8) is 0 Å². The first-order valence-corrected chi connectivity index (χ1v) is 4.59. The van der Waals surface area contributed by atoms with Gasteiger partial charge >= 0.3 is 0 Å². The van der Waals surface area contributed by atoms with E-state index in [1.165, 1.54) is 0 Å². The highest BCUT2D eigenvalue weighted by Crippen LogP contribution is 2.08. The highest BCUT2D eigenvalue weighted by Gasteiger charge is 2.03. The molecule has 13 heavy (non-hydrogen) atoms. The minimum absolute atomic E-state index is 0.339. The number of aryl methyl sites for hydroxylation is 1. The first-order chi connectivity index (χ1) is 6.26. The van der Waals surface area contributed by atoms with Gasteiger partial charge in [0.2, 0.25) is 0 Å². The summed E-state index contributed by atoms with van der Waals surface area (Å²) in [5, 5.41) is 13.3. The Balaban J connectivity index is 2.36. The van der Waals surface area contributed by atoms with E-state index >= 15 is 0 Å². The zero-order chi connectivity index (χ0) is 9.68. The second-order valence-corrected chi connectivity index (χ2v) is 2.90. The second kappa shape index (κ2) is 4.87. The van der Waals surface area contributed by atoms with Crippen LogP contribution in [0.1, 0.15) is 20.3 Å². The fourth-order valence-corrected chi connectivity index (χ4v) is 0.902. The molecule has 1 atom stereocenters. The van der Waals surface area contributed by atoms with Crippen LogP contribution in [0.4, 0.5) is 0 Å². The minimum atomic E-state index is -0.384. The third-order valence-electron chi connectivity index (χ3n) is 1.85. The molecule has 0 bridgehead atoms. The highest BCUT2D eigenvalue weighted by molar-refractivity contribution is 5.11. The Labute approximate surface area is 78.1 Å². The molecule has 0 saturated heterocycles. The molecule has 1 heterocycles. The van der Waals surface area contributed by atoms with Gasteiger partial charge in [0, 0.05) is 6.54 Å². The van der Waals surface area contributed by atoms with E-state index in [4.69, 9.17) is 4.74 Å². The van der Waals surface area contributed by atoms with E-state index in [1.807, 2.05) is 20.0 Å². The van der Waals surface area contributed by atoms with Crippen LogP contribution in [0, 0.1) is 0 Å². The Morgan fingerprint density at radius 1 is 1.62 bits per heavy atom. The van der Waals surface area contributed by atoms with Gasteiger partial charge in [0.15, 0.2) is 5.75 Å². The zero-order valence-electron chi connectivity index (χ0n) is 8.10. The fraction of sp³-hybridized carbons (Fsp3) is 0.667. The van der Waals surface area contributed by atoms with Gasteiger partial charge in [-0.2, -0.15) is 5.10 Å². The van der Waals surface area contributed by atoms with Gasteiger partial charge in [0.05, 0.1) is 18.5 Å². The van der Waals surface area contributed by atoms with E-state index in [-0.39, 0.29) is 6.10 Å². The average molecular weight is 184 g/mol. The van der Waals surface area contributed by atoms with Crippen molar-refractivity contribution < 1.29 is 9.84 Å². The smallest absolute Gasteiger partial charge is 0.157 e. The lowest BCUT2D eigenvalue weighted by atomic mass is 10.3. The summed E-state index contributed by atoms with van der Waals surface area (Å²) in [4.78, 5) is 0. The van der Waals surface area contributed by atoms with Crippen molar-refractivity contribution in [1.29, 1.82) is 0 Å². The van der Waals surface area contributed by atoms with E-state index in [0.29, 0.717) is 18.8 Å². The lowest BCUT2D eigenvalue weighted by molar-refractivity contribution is 0.104. The van der Waals surface area contributed by atoms with Crippen LogP contribution in [0.25, 0.3) is 0 Å². The molecule has 1 N–H and O–H groups in total. The van der Waals surface area contributed by atoms with Gasteiger partial charge in [-0.15, -0.1) is 0 Å². The number of nitrogens with zero attached hydrogens (tertiary/aromatic N) is 2. The van der Waals surface area contributed by atoms with Crippen LogP contribution in [0.15, 0.2) is 12.4 Å². The number of aromatic nitrogens is 2. The minimum Gasteiger partial charge on any atom is -0.488 e. The Kier molecular flexibility index (Phi) is 3.76. The highest BCUT2D eigenvalue weighted by atomic mass is 16.5. The Morgan fingerprint density at radius 3 is 2.92 bits per heavy atom. The molecule has 0 saturated carbocycles. The molecule has 1 aromatic rings. The van der Waals surface area contributed by atoms with Gasteiger partial charge < -0.3 is 9.84 Å². The van der Waals surface area contributed by atoms with E-state index < -0.39 is 0 Å². The van der Waals surface area contributed by atoms with Gasteiger partial charge in [-0.1, -0.05) is 6.92 Å². The number of aliphatic hydroxyl groups is 1. The van der Waals surface area contributed by atoms with Crippen LogP contribution in [-0.2, 0) is 6.54 Å². The predicted octanol–water partition coefficient (Wildman–Crippen LogP) is 1.05. The summed E-state index contributed by atoms with van der Waals surface area (Å²) in [7, 11) is 0. The van der Waals surface area contributed by atoms with Gasteiger partial charge in [0.25, 0.3) is 0 Å². The van der Waals surface area contributed by atoms with Crippen molar-refractivity contribution in [3.8, 4) is 5.75 Å². The number of hydrogen-bond donors (Lipinski definition) is 1. The molecule has 4 nitrogen and oxygen atoms in total. The van der Waals surface area contributed by atoms with Gasteiger partial charge in [-0.25, -0.2) is 0 Å². The molecule has 0 aliphatic heterocycles. The molecule has 0 spiro atoms. The van der Waals surface area contributed by atoms with E-state index in [0.717, 1.165) is 6.54 Å². The number of hydrogen-bond acceptors (Lipinski definition) is 3. The van der Waals surface area contributed by atoms with Crippen LogP contribution in [0.3, 0.4) is 0 Å². The molecule has 0 aromatic carbocycles. The van der Waals surface area contributed by atoms with Crippen molar-refractivity contribution in [1.82, 2.24) is 9.78 Å². The topological polar surface area (TPSA) is 47.3 Å². The third-order valence-corrected chi connectivity index (χ3v) is 1.85. The maximum Gasteiger partial charge on any atom is 0.157 e. The average Bonchev–Trinajstić information content (AvgIpc) is 2.61. The summed E-state index contributed by atoms with van der Waals surface area (Å²) in [5.41, 5.74) is 0. The maximum atomic E-state index is 9.23. The molecular weight excluding hydrogens is 168 g/mol. The summed E-state index contributed by atoms with van der Waals surface area (Å²) >= 11 is 0. The summed E-state index contributed by atoms with van der Waals surface area (Å²) in [5.74, 6) is 0.717. The predicted molar refractivity (Wildman–Crippen MR) is 49.7 cm³/mol. The van der Waals surface area contributed by atoms with Crippen LogP contribution in [0.5, 0.6) is 5.75 Å². The van der Waals surface area contributed by atoms with E-state index in [2.05, 4.69) is 5.10 Å².